The number of carbonyl (C=O) groups is 1. The van der Waals surface area contributed by atoms with Crippen LogP contribution in [0.4, 0.5) is 0 Å². The molecule has 1 radical (unpaired) electrons. The van der Waals surface area contributed by atoms with Crippen molar-refractivity contribution in [1.82, 2.24) is 9.97 Å². The summed E-state index contributed by atoms with van der Waals surface area (Å²) in [5, 5.41) is 0. The standard InChI is InChI=1S/C12H10N3O2/c1-17-10-5-3-2-4-8(10)9-6-7-14-12(15-9)11(13)16/h2-6H,1H3,(H2,13,16). The van der Waals surface area contributed by atoms with Gasteiger partial charge in [-0.15, -0.1) is 0 Å². The van der Waals surface area contributed by atoms with E-state index in [1.807, 2.05) is 18.2 Å². The van der Waals surface area contributed by atoms with Crippen molar-refractivity contribution in [3.63, 3.8) is 0 Å². The molecule has 2 N–H and O–H groups in total. The number of benzene rings is 1. The lowest BCUT2D eigenvalue weighted by Gasteiger charge is -2.07. The van der Waals surface area contributed by atoms with E-state index in [2.05, 4.69) is 16.2 Å². The maximum absolute atomic E-state index is 11.0. The molecular formula is C12H10N3O2. The number of carbonyl (C=O) groups excluding carboxylic acids is 1. The van der Waals surface area contributed by atoms with E-state index in [9.17, 15) is 4.79 Å². The molecule has 0 aliphatic carbocycles. The molecule has 0 saturated heterocycles. The molecular weight excluding hydrogens is 218 g/mol. The van der Waals surface area contributed by atoms with E-state index in [1.165, 1.54) is 0 Å². The summed E-state index contributed by atoms with van der Waals surface area (Å²) in [5.41, 5.74) is 6.42. The Kier molecular flexibility index (Phi) is 3.00. The van der Waals surface area contributed by atoms with Crippen LogP contribution in [0.5, 0.6) is 5.75 Å². The SMILES string of the molecule is COc1ccccc1-c1c[c]nc(C(N)=O)n1. The van der Waals surface area contributed by atoms with E-state index < -0.39 is 5.91 Å². The van der Waals surface area contributed by atoms with Crippen LogP contribution in [-0.4, -0.2) is 23.0 Å². The number of hydrogen-bond donors (Lipinski definition) is 1. The van der Waals surface area contributed by atoms with Crippen LogP contribution in [0.2, 0.25) is 0 Å². The van der Waals surface area contributed by atoms with Crippen molar-refractivity contribution in [1.29, 1.82) is 0 Å². The number of aromatic nitrogens is 2. The first kappa shape index (κ1) is 11.1. The summed E-state index contributed by atoms with van der Waals surface area (Å²) in [6, 6.07) is 8.91. The molecule has 1 aromatic carbocycles. The van der Waals surface area contributed by atoms with Crippen LogP contribution in [0.3, 0.4) is 0 Å². The van der Waals surface area contributed by atoms with Crippen molar-refractivity contribution in [2.24, 2.45) is 5.73 Å². The number of nitrogens with zero attached hydrogens (tertiary/aromatic N) is 2. The maximum atomic E-state index is 11.0. The fraction of sp³-hybridized carbons (Fsp3) is 0.0833. The average Bonchev–Trinajstić information content (AvgIpc) is 2.39. The topological polar surface area (TPSA) is 78.1 Å². The molecule has 0 spiro atoms. The molecule has 1 amide bonds. The lowest BCUT2D eigenvalue weighted by atomic mass is 10.1. The Labute approximate surface area is 98.3 Å². The van der Waals surface area contributed by atoms with E-state index in [-0.39, 0.29) is 5.82 Å². The quantitative estimate of drug-likeness (QED) is 0.851. The van der Waals surface area contributed by atoms with E-state index in [4.69, 9.17) is 10.5 Å². The van der Waals surface area contributed by atoms with Crippen molar-refractivity contribution in [3.05, 3.63) is 42.4 Å². The second-order valence-electron chi connectivity index (χ2n) is 3.27. The van der Waals surface area contributed by atoms with Gasteiger partial charge in [0.2, 0.25) is 5.82 Å². The highest BCUT2D eigenvalue weighted by molar-refractivity contribution is 5.89. The Balaban J connectivity index is 2.52. The van der Waals surface area contributed by atoms with Crippen LogP contribution >= 0.6 is 0 Å². The minimum atomic E-state index is -0.682. The number of amides is 1. The van der Waals surface area contributed by atoms with E-state index in [0.717, 1.165) is 5.56 Å². The fourth-order valence-corrected chi connectivity index (χ4v) is 1.43. The summed E-state index contributed by atoms with van der Waals surface area (Å²) < 4.78 is 5.21. The molecule has 2 aromatic rings. The van der Waals surface area contributed by atoms with Crippen LogP contribution in [0.1, 0.15) is 10.6 Å². The number of primary amides is 1. The first-order valence-electron chi connectivity index (χ1n) is 4.90. The molecule has 85 valence electrons. The zero-order chi connectivity index (χ0) is 12.3. The number of rotatable bonds is 3. The van der Waals surface area contributed by atoms with Gasteiger partial charge >= 0.3 is 0 Å². The van der Waals surface area contributed by atoms with Gasteiger partial charge in [0, 0.05) is 5.56 Å². The summed E-state index contributed by atoms with van der Waals surface area (Å²) in [6.45, 7) is 0. The van der Waals surface area contributed by atoms with Crippen molar-refractivity contribution in [2.75, 3.05) is 7.11 Å². The van der Waals surface area contributed by atoms with E-state index in [1.54, 1.807) is 19.2 Å². The number of hydrogen-bond acceptors (Lipinski definition) is 4. The summed E-state index contributed by atoms with van der Waals surface area (Å²) in [5.74, 6) is -0.0820. The second kappa shape index (κ2) is 4.61. The highest BCUT2D eigenvalue weighted by Gasteiger charge is 2.10. The molecule has 17 heavy (non-hydrogen) atoms. The highest BCUT2D eigenvalue weighted by Crippen LogP contribution is 2.27. The van der Waals surface area contributed by atoms with Crippen LogP contribution in [-0.2, 0) is 0 Å². The van der Waals surface area contributed by atoms with Gasteiger partial charge in [-0.3, -0.25) is 4.79 Å². The molecule has 5 heteroatoms. The van der Waals surface area contributed by atoms with Crippen LogP contribution in [0.25, 0.3) is 11.3 Å². The molecule has 1 aromatic heterocycles. The minimum absolute atomic E-state index is 0.0617. The molecule has 0 unspecified atom stereocenters. The van der Waals surface area contributed by atoms with Gasteiger partial charge in [-0.1, -0.05) is 12.1 Å². The molecule has 0 aliphatic heterocycles. The Hall–Kier alpha value is -2.43. The summed E-state index contributed by atoms with van der Waals surface area (Å²) in [6.07, 6.45) is 2.59. The summed E-state index contributed by atoms with van der Waals surface area (Å²) in [4.78, 5) is 18.7. The van der Waals surface area contributed by atoms with Crippen molar-refractivity contribution >= 4 is 5.91 Å². The molecule has 1 heterocycles. The first-order valence-corrected chi connectivity index (χ1v) is 4.90. The third kappa shape index (κ3) is 2.23. The highest BCUT2D eigenvalue weighted by atomic mass is 16.5. The third-order valence-electron chi connectivity index (χ3n) is 2.20. The van der Waals surface area contributed by atoms with Gasteiger partial charge in [0.25, 0.3) is 5.91 Å². The predicted molar refractivity (Wildman–Crippen MR) is 61.4 cm³/mol. The van der Waals surface area contributed by atoms with Crippen LogP contribution < -0.4 is 10.5 Å². The van der Waals surface area contributed by atoms with Gasteiger partial charge < -0.3 is 10.5 Å². The fourth-order valence-electron chi connectivity index (χ4n) is 1.43. The lowest BCUT2D eigenvalue weighted by Crippen LogP contribution is -2.15. The van der Waals surface area contributed by atoms with Gasteiger partial charge in [0.15, 0.2) is 0 Å². The number of nitrogens with two attached hydrogens (primary N) is 1. The Morgan fingerprint density at radius 1 is 1.41 bits per heavy atom. The molecule has 0 fully saturated rings. The van der Waals surface area contributed by atoms with Gasteiger partial charge in [0.1, 0.15) is 5.75 Å². The second-order valence-corrected chi connectivity index (χ2v) is 3.27. The minimum Gasteiger partial charge on any atom is -0.496 e. The van der Waals surface area contributed by atoms with E-state index >= 15 is 0 Å². The monoisotopic (exact) mass is 228 g/mol. The number of methoxy groups -OCH3 is 1. The molecule has 2 rings (SSSR count). The predicted octanol–water partition coefficient (Wildman–Crippen LogP) is 1.05. The van der Waals surface area contributed by atoms with Crippen LogP contribution in [0, 0.1) is 6.20 Å². The molecule has 5 nitrogen and oxygen atoms in total. The van der Waals surface area contributed by atoms with Gasteiger partial charge in [-0.2, -0.15) is 0 Å². The molecule has 0 bridgehead atoms. The van der Waals surface area contributed by atoms with Gasteiger partial charge in [-0.25, -0.2) is 9.97 Å². The van der Waals surface area contributed by atoms with E-state index in [0.29, 0.717) is 11.4 Å². The van der Waals surface area contributed by atoms with Gasteiger partial charge in [-0.05, 0) is 18.2 Å². The Morgan fingerprint density at radius 2 is 2.18 bits per heavy atom. The van der Waals surface area contributed by atoms with Crippen LogP contribution in [0.15, 0.2) is 30.3 Å². The van der Waals surface area contributed by atoms with Crippen molar-refractivity contribution in [2.45, 2.75) is 0 Å². The normalized spacial score (nSPS) is 9.94. The summed E-state index contributed by atoms with van der Waals surface area (Å²) >= 11 is 0. The zero-order valence-electron chi connectivity index (χ0n) is 9.18. The Morgan fingerprint density at radius 3 is 2.88 bits per heavy atom. The third-order valence-corrected chi connectivity index (χ3v) is 2.20. The lowest BCUT2D eigenvalue weighted by molar-refractivity contribution is 0.0990. The zero-order valence-corrected chi connectivity index (χ0v) is 9.18. The molecule has 0 atom stereocenters. The average molecular weight is 228 g/mol. The molecule has 0 aliphatic rings. The molecule has 0 saturated carbocycles. The largest absolute Gasteiger partial charge is 0.496 e. The maximum Gasteiger partial charge on any atom is 0.286 e. The van der Waals surface area contributed by atoms with Crippen molar-refractivity contribution in [3.8, 4) is 17.0 Å². The summed E-state index contributed by atoms with van der Waals surface area (Å²) in [7, 11) is 1.57. The Bertz CT molecular complexity index is 555. The number of ether oxygens (including phenoxy) is 1. The number of para-hydroxylation sites is 1. The van der Waals surface area contributed by atoms with Gasteiger partial charge in [0.05, 0.1) is 19.0 Å². The first-order chi connectivity index (χ1) is 8.22. The smallest absolute Gasteiger partial charge is 0.286 e. The van der Waals surface area contributed by atoms with Crippen molar-refractivity contribution < 1.29 is 9.53 Å².